The number of allylic oxidation sites excluding steroid dienone is 1. The third kappa shape index (κ3) is 4.00. The SMILES string of the molecule is COc1cccc(/C=C2/Oc3c(CN4CCCC(C)C4)c(O)cc(C)c3C2=O)c1OC. The van der Waals surface area contributed by atoms with E-state index in [2.05, 4.69) is 11.8 Å². The van der Waals surface area contributed by atoms with Gasteiger partial charge in [0.05, 0.1) is 25.3 Å². The number of aryl methyl sites for hydroxylation is 1. The predicted molar refractivity (Wildman–Crippen MR) is 119 cm³/mol. The minimum atomic E-state index is -0.189. The molecule has 6 nitrogen and oxygen atoms in total. The standard InChI is InChI=1S/C25H29NO5/c1-15-7-6-10-26(13-15)14-18-19(27)11-16(2)22-23(28)21(31-25(18)22)12-17-8-5-9-20(29-3)24(17)30-4/h5,8-9,11-12,15,27H,6-7,10,13-14H2,1-4H3/b21-12+. The molecule has 6 heteroatoms. The summed E-state index contributed by atoms with van der Waals surface area (Å²) in [5.74, 6) is 2.39. The van der Waals surface area contributed by atoms with Gasteiger partial charge in [0.2, 0.25) is 5.78 Å². The van der Waals surface area contributed by atoms with Crippen molar-refractivity contribution in [1.29, 1.82) is 0 Å². The number of benzene rings is 2. The van der Waals surface area contributed by atoms with Crippen LogP contribution in [-0.2, 0) is 6.54 Å². The van der Waals surface area contributed by atoms with Gasteiger partial charge in [-0.05, 0) is 56.0 Å². The summed E-state index contributed by atoms with van der Waals surface area (Å²) in [7, 11) is 3.13. The maximum absolute atomic E-state index is 13.2. The Hall–Kier alpha value is -2.99. The van der Waals surface area contributed by atoms with Gasteiger partial charge in [0.1, 0.15) is 11.5 Å². The summed E-state index contributed by atoms with van der Waals surface area (Å²) < 4.78 is 16.9. The first kappa shape index (κ1) is 21.2. The molecule has 164 valence electrons. The number of carbonyl (C=O) groups excluding carboxylic acids is 1. The summed E-state index contributed by atoms with van der Waals surface area (Å²) >= 11 is 0. The Morgan fingerprint density at radius 2 is 2.10 bits per heavy atom. The number of Topliss-reactive ketones (excluding diaryl/α,β-unsaturated/α-hetero) is 1. The molecule has 1 unspecified atom stereocenters. The van der Waals surface area contributed by atoms with Crippen LogP contribution in [0.5, 0.6) is 23.0 Å². The molecule has 1 fully saturated rings. The number of nitrogens with zero attached hydrogens (tertiary/aromatic N) is 1. The van der Waals surface area contributed by atoms with Gasteiger partial charge in [-0.2, -0.15) is 0 Å². The highest BCUT2D eigenvalue weighted by molar-refractivity contribution is 6.16. The first-order valence-electron chi connectivity index (χ1n) is 10.7. The molecule has 2 aromatic carbocycles. The quantitative estimate of drug-likeness (QED) is 0.711. The van der Waals surface area contributed by atoms with Gasteiger partial charge in [-0.3, -0.25) is 9.69 Å². The summed E-state index contributed by atoms with van der Waals surface area (Å²) in [6.07, 6.45) is 4.03. The first-order valence-corrected chi connectivity index (χ1v) is 10.7. The van der Waals surface area contributed by atoms with E-state index in [1.807, 2.05) is 19.1 Å². The molecule has 2 aliphatic rings. The number of rotatable bonds is 5. The van der Waals surface area contributed by atoms with Crippen molar-refractivity contribution in [2.24, 2.45) is 5.92 Å². The fraction of sp³-hybridized carbons (Fsp3) is 0.400. The van der Waals surface area contributed by atoms with E-state index in [9.17, 15) is 9.90 Å². The number of likely N-dealkylation sites (tertiary alicyclic amines) is 1. The van der Waals surface area contributed by atoms with Crippen molar-refractivity contribution in [1.82, 2.24) is 4.90 Å². The van der Waals surface area contributed by atoms with Gasteiger partial charge < -0.3 is 19.3 Å². The second-order valence-electron chi connectivity index (χ2n) is 8.40. The number of hydrogen-bond donors (Lipinski definition) is 1. The Labute approximate surface area is 183 Å². The van der Waals surface area contributed by atoms with Crippen molar-refractivity contribution in [2.45, 2.75) is 33.2 Å². The van der Waals surface area contributed by atoms with E-state index in [-0.39, 0.29) is 17.3 Å². The molecule has 1 atom stereocenters. The van der Waals surface area contributed by atoms with E-state index in [1.54, 1.807) is 32.4 Å². The van der Waals surface area contributed by atoms with Gasteiger partial charge in [-0.25, -0.2) is 0 Å². The molecule has 2 aromatic rings. The highest BCUT2D eigenvalue weighted by atomic mass is 16.5. The summed E-state index contributed by atoms with van der Waals surface area (Å²) in [6.45, 7) is 6.57. The van der Waals surface area contributed by atoms with Crippen LogP contribution in [0.25, 0.3) is 6.08 Å². The first-order chi connectivity index (χ1) is 14.9. The molecule has 2 aliphatic heterocycles. The van der Waals surface area contributed by atoms with Crippen molar-refractivity contribution in [3.05, 3.63) is 52.3 Å². The normalized spacial score (nSPS) is 19.9. The van der Waals surface area contributed by atoms with Gasteiger partial charge >= 0.3 is 0 Å². The average molecular weight is 424 g/mol. The lowest BCUT2D eigenvalue weighted by Crippen LogP contribution is -2.33. The highest BCUT2D eigenvalue weighted by Crippen LogP contribution is 2.43. The van der Waals surface area contributed by atoms with Crippen molar-refractivity contribution < 1.29 is 24.1 Å². The maximum atomic E-state index is 13.2. The van der Waals surface area contributed by atoms with Crippen molar-refractivity contribution in [2.75, 3.05) is 27.3 Å². The second-order valence-corrected chi connectivity index (χ2v) is 8.40. The summed E-state index contributed by atoms with van der Waals surface area (Å²) in [6, 6.07) is 7.14. The summed E-state index contributed by atoms with van der Waals surface area (Å²) in [5, 5.41) is 10.7. The zero-order chi connectivity index (χ0) is 22.1. The second kappa shape index (κ2) is 8.63. The van der Waals surface area contributed by atoms with Crippen LogP contribution >= 0.6 is 0 Å². The Morgan fingerprint density at radius 3 is 2.81 bits per heavy atom. The Bertz CT molecular complexity index is 1040. The lowest BCUT2D eigenvalue weighted by Gasteiger charge is -2.31. The molecule has 0 aromatic heterocycles. The monoisotopic (exact) mass is 423 g/mol. The molecule has 0 spiro atoms. The van der Waals surface area contributed by atoms with Crippen molar-refractivity contribution in [3.8, 4) is 23.0 Å². The van der Waals surface area contributed by atoms with Crippen molar-refractivity contribution >= 4 is 11.9 Å². The average Bonchev–Trinajstić information content (AvgIpc) is 3.07. The minimum absolute atomic E-state index is 0.169. The van der Waals surface area contributed by atoms with Gasteiger partial charge in [0.15, 0.2) is 17.3 Å². The van der Waals surface area contributed by atoms with Crippen LogP contribution in [0.1, 0.15) is 46.8 Å². The van der Waals surface area contributed by atoms with Crippen LogP contribution < -0.4 is 14.2 Å². The van der Waals surface area contributed by atoms with Crippen molar-refractivity contribution in [3.63, 3.8) is 0 Å². The van der Waals surface area contributed by atoms with E-state index in [0.717, 1.165) is 19.5 Å². The maximum Gasteiger partial charge on any atom is 0.232 e. The van der Waals surface area contributed by atoms with Crippen LogP contribution in [0.2, 0.25) is 0 Å². The Balaban J connectivity index is 1.72. The molecule has 0 bridgehead atoms. The van der Waals surface area contributed by atoms with E-state index in [0.29, 0.717) is 52.0 Å². The Morgan fingerprint density at radius 1 is 1.29 bits per heavy atom. The number of ether oxygens (including phenoxy) is 3. The van der Waals surface area contributed by atoms with Gasteiger partial charge in [-0.1, -0.05) is 19.1 Å². The lowest BCUT2D eigenvalue weighted by atomic mass is 9.97. The number of methoxy groups -OCH3 is 2. The van der Waals surface area contributed by atoms with Gasteiger partial charge in [-0.15, -0.1) is 0 Å². The number of fused-ring (bicyclic) bond motifs is 1. The zero-order valence-corrected chi connectivity index (χ0v) is 18.5. The van der Waals surface area contributed by atoms with Crippen LogP contribution in [0, 0.1) is 12.8 Å². The molecular weight excluding hydrogens is 394 g/mol. The summed E-state index contributed by atoms with van der Waals surface area (Å²) in [5.41, 5.74) is 2.58. The number of phenolic OH excluding ortho intramolecular Hbond substituents is 1. The fourth-order valence-electron chi connectivity index (χ4n) is 4.55. The number of phenols is 1. The number of carbonyl (C=O) groups is 1. The smallest absolute Gasteiger partial charge is 0.232 e. The zero-order valence-electron chi connectivity index (χ0n) is 18.5. The summed E-state index contributed by atoms with van der Waals surface area (Å²) in [4.78, 5) is 15.5. The topological polar surface area (TPSA) is 68.2 Å². The molecule has 0 aliphatic carbocycles. The molecule has 0 radical (unpaired) electrons. The van der Waals surface area contributed by atoms with E-state index < -0.39 is 0 Å². The largest absolute Gasteiger partial charge is 0.507 e. The molecule has 1 saturated heterocycles. The Kier molecular flexibility index (Phi) is 5.92. The third-order valence-corrected chi connectivity index (χ3v) is 6.06. The van der Waals surface area contributed by atoms with Gasteiger partial charge in [0.25, 0.3) is 0 Å². The minimum Gasteiger partial charge on any atom is -0.507 e. The highest BCUT2D eigenvalue weighted by Gasteiger charge is 2.34. The van der Waals surface area contributed by atoms with E-state index in [4.69, 9.17) is 14.2 Å². The van der Waals surface area contributed by atoms with Crippen LogP contribution in [-0.4, -0.2) is 43.1 Å². The third-order valence-electron chi connectivity index (χ3n) is 6.06. The van der Waals surface area contributed by atoms with E-state index >= 15 is 0 Å². The molecule has 4 rings (SSSR count). The molecule has 0 amide bonds. The van der Waals surface area contributed by atoms with Gasteiger partial charge in [0, 0.05) is 18.7 Å². The van der Waals surface area contributed by atoms with E-state index in [1.165, 1.54) is 6.42 Å². The van der Waals surface area contributed by atoms with Crippen LogP contribution in [0.15, 0.2) is 30.0 Å². The number of ketones is 1. The number of hydrogen-bond acceptors (Lipinski definition) is 6. The lowest BCUT2D eigenvalue weighted by molar-refractivity contribution is 0.101. The molecule has 1 N–H and O–H groups in total. The number of aromatic hydroxyl groups is 1. The molecule has 2 heterocycles. The molecular formula is C25H29NO5. The van der Waals surface area contributed by atoms with Crippen LogP contribution in [0.4, 0.5) is 0 Å². The number of para-hydroxylation sites is 1. The molecule has 31 heavy (non-hydrogen) atoms. The molecule has 0 saturated carbocycles. The number of piperidine rings is 1. The predicted octanol–water partition coefficient (Wildman–Crippen LogP) is 4.57. The van der Waals surface area contributed by atoms with Crippen LogP contribution in [0.3, 0.4) is 0 Å². The fourth-order valence-corrected chi connectivity index (χ4v) is 4.55.